The van der Waals surface area contributed by atoms with E-state index < -0.39 is 0 Å². The van der Waals surface area contributed by atoms with Gasteiger partial charge in [-0.2, -0.15) is 0 Å². The van der Waals surface area contributed by atoms with Crippen LogP contribution in [0.3, 0.4) is 0 Å². The van der Waals surface area contributed by atoms with Crippen molar-refractivity contribution in [1.29, 1.82) is 0 Å². The molecule has 2 N–H and O–H groups in total. The summed E-state index contributed by atoms with van der Waals surface area (Å²) in [7, 11) is 1.95. The Labute approximate surface area is 104 Å². The molecular formula is C14H22N2O. The van der Waals surface area contributed by atoms with Crippen molar-refractivity contribution in [2.24, 2.45) is 0 Å². The molecule has 17 heavy (non-hydrogen) atoms. The van der Waals surface area contributed by atoms with Crippen LogP contribution in [0.15, 0.2) is 43.0 Å². The van der Waals surface area contributed by atoms with Crippen molar-refractivity contribution in [3.8, 4) is 0 Å². The standard InChI is InChI=1S/C14H22N2O/c1-3-9-16(10-11-17)14(12-15-2)13-7-5-4-6-8-13/h3-8,14-15,17H,1,9-12H2,2H3. The van der Waals surface area contributed by atoms with E-state index in [0.717, 1.165) is 13.1 Å². The number of rotatable bonds is 8. The van der Waals surface area contributed by atoms with E-state index >= 15 is 0 Å². The summed E-state index contributed by atoms with van der Waals surface area (Å²) in [5.74, 6) is 0. The fourth-order valence-corrected chi connectivity index (χ4v) is 1.99. The number of aliphatic hydroxyl groups excluding tert-OH is 1. The third-order valence-corrected chi connectivity index (χ3v) is 2.77. The van der Waals surface area contributed by atoms with Gasteiger partial charge in [0.05, 0.1) is 6.61 Å². The van der Waals surface area contributed by atoms with Crippen LogP contribution in [-0.4, -0.2) is 43.3 Å². The molecule has 0 heterocycles. The van der Waals surface area contributed by atoms with Crippen LogP contribution in [0.5, 0.6) is 0 Å². The lowest BCUT2D eigenvalue weighted by molar-refractivity contribution is 0.163. The lowest BCUT2D eigenvalue weighted by atomic mass is 10.1. The second kappa shape index (κ2) is 8.01. The molecule has 0 saturated carbocycles. The number of benzene rings is 1. The average Bonchev–Trinajstić information content (AvgIpc) is 2.37. The van der Waals surface area contributed by atoms with Crippen molar-refractivity contribution >= 4 is 0 Å². The molecule has 1 rings (SSSR count). The molecule has 0 fully saturated rings. The molecule has 0 saturated heterocycles. The van der Waals surface area contributed by atoms with E-state index in [4.69, 9.17) is 5.11 Å². The molecule has 3 heteroatoms. The first-order valence-electron chi connectivity index (χ1n) is 5.98. The minimum absolute atomic E-state index is 0.168. The first-order valence-corrected chi connectivity index (χ1v) is 5.98. The van der Waals surface area contributed by atoms with Crippen LogP contribution in [-0.2, 0) is 0 Å². The molecule has 0 aliphatic heterocycles. The first-order chi connectivity index (χ1) is 8.33. The lowest BCUT2D eigenvalue weighted by Crippen LogP contribution is -2.36. The van der Waals surface area contributed by atoms with Crippen molar-refractivity contribution in [1.82, 2.24) is 10.2 Å². The van der Waals surface area contributed by atoms with Gasteiger partial charge in [-0.3, -0.25) is 4.90 Å². The predicted molar refractivity (Wildman–Crippen MR) is 72.0 cm³/mol. The molecule has 1 aromatic carbocycles. The second-order valence-corrected chi connectivity index (χ2v) is 3.99. The number of hydrogen-bond acceptors (Lipinski definition) is 3. The second-order valence-electron chi connectivity index (χ2n) is 3.99. The van der Waals surface area contributed by atoms with Crippen molar-refractivity contribution in [3.63, 3.8) is 0 Å². The highest BCUT2D eigenvalue weighted by molar-refractivity contribution is 5.19. The number of likely N-dealkylation sites (N-methyl/N-ethyl adjacent to an activating group) is 1. The molecule has 1 aromatic rings. The summed E-state index contributed by atoms with van der Waals surface area (Å²) in [5.41, 5.74) is 1.26. The predicted octanol–water partition coefficient (Wildman–Crippen LogP) is 1.43. The molecule has 0 bridgehead atoms. The minimum atomic E-state index is 0.168. The highest BCUT2D eigenvalue weighted by Gasteiger charge is 2.17. The van der Waals surface area contributed by atoms with Gasteiger partial charge < -0.3 is 10.4 Å². The first kappa shape index (κ1) is 13.9. The fraction of sp³-hybridized carbons (Fsp3) is 0.429. The van der Waals surface area contributed by atoms with E-state index in [0.29, 0.717) is 6.54 Å². The molecular weight excluding hydrogens is 212 g/mol. The van der Waals surface area contributed by atoms with Gasteiger partial charge in [-0.15, -0.1) is 6.58 Å². The Bertz CT molecular complexity index is 313. The van der Waals surface area contributed by atoms with Crippen LogP contribution in [0.2, 0.25) is 0 Å². The number of nitrogens with one attached hydrogen (secondary N) is 1. The van der Waals surface area contributed by atoms with E-state index in [1.54, 1.807) is 0 Å². The maximum absolute atomic E-state index is 9.13. The van der Waals surface area contributed by atoms with Gasteiger partial charge in [0.15, 0.2) is 0 Å². The maximum atomic E-state index is 9.13. The van der Waals surface area contributed by atoms with E-state index in [9.17, 15) is 0 Å². The van der Waals surface area contributed by atoms with E-state index in [2.05, 4.69) is 28.9 Å². The summed E-state index contributed by atoms with van der Waals surface area (Å²) in [5, 5.41) is 12.3. The molecule has 0 aliphatic carbocycles. The molecule has 0 aromatic heterocycles. The Kier molecular flexibility index (Phi) is 6.55. The maximum Gasteiger partial charge on any atom is 0.0558 e. The molecule has 0 radical (unpaired) electrons. The molecule has 1 atom stereocenters. The molecule has 94 valence electrons. The summed E-state index contributed by atoms with van der Waals surface area (Å²) < 4.78 is 0. The normalized spacial score (nSPS) is 12.6. The minimum Gasteiger partial charge on any atom is -0.395 e. The zero-order valence-corrected chi connectivity index (χ0v) is 10.5. The van der Waals surface area contributed by atoms with Gasteiger partial charge in [0, 0.05) is 25.7 Å². The van der Waals surface area contributed by atoms with E-state index in [-0.39, 0.29) is 12.6 Å². The van der Waals surface area contributed by atoms with Crippen LogP contribution in [0, 0.1) is 0 Å². The number of hydrogen-bond donors (Lipinski definition) is 2. The Hall–Kier alpha value is -1.16. The molecule has 0 spiro atoms. The van der Waals surface area contributed by atoms with Crippen LogP contribution in [0.25, 0.3) is 0 Å². The van der Waals surface area contributed by atoms with Gasteiger partial charge in [-0.25, -0.2) is 0 Å². The van der Waals surface area contributed by atoms with E-state index in [1.807, 2.05) is 31.3 Å². The highest BCUT2D eigenvalue weighted by Crippen LogP contribution is 2.19. The fourth-order valence-electron chi connectivity index (χ4n) is 1.99. The van der Waals surface area contributed by atoms with Gasteiger partial charge in [0.25, 0.3) is 0 Å². The van der Waals surface area contributed by atoms with Gasteiger partial charge >= 0.3 is 0 Å². The van der Waals surface area contributed by atoms with Crippen LogP contribution in [0.1, 0.15) is 11.6 Å². The van der Waals surface area contributed by atoms with Crippen molar-refractivity contribution in [2.45, 2.75) is 6.04 Å². The van der Waals surface area contributed by atoms with Gasteiger partial charge in [-0.1, -0.05) is 36.4 Å². The van der Waals surface area contributed by atoms with Gasteiger partial charge in [0.1, 0.15) is 0 Å². The summed E-state index contributed by atoms with van der Waals surface area (Å²) in [4.78, 5) is 2.22. The quantitative estimate of drug-likeness (QED) is 0.668. The largest absolute Gasteiger partial charge is 0.395 e. The Morgan fingerprint density at radius 3 is 2.65 bits per heavy atom. The van der Waals surface area contributed by atoms with Gasteiger partial charge in [0.2, 0.25) is 0 Å². The van der Waals surface area contributed by atoms with Crippen molar-refractivity contribution in [2.75, 3.05) is 33.3 Å². The third kappa shape index (κ3) is 4.30. The Morgan fingerprint density at radius 2 is 2.12 bits per heavy atom. The molecule has 0 aliphatic rings. The van der Waals surface area contributed by atoms with Crippen molar-refractivity contribution in [3.05, 3.63) is 48.6 Å². The zero-order valence-electron chi connectivity index (χ0n) is 10.5. The number of aliphatic hydroxyl groups is 1. The van der Waals surface area contributed by atoms with Gasteiger partial charge in [-0.05, 0) is 12.6 Å². The highest BCUT2D eigenvalue weighted by atomic mass is 16.3. The summed E-state index contributed by atoms with van der Waals surface area (Å²) in [6, 6.07) is 10.6. The molecule has 1 unspecified atom stereocenters. The Morgan fingerprint density at radius 1 is 1.41 bits per heavy atom. The molecule has 0 amide bonds. The summed E-state index contributed by atoms with van der Waals surface area (Å²) in [6.45, 7) is 6.24. The smallest absolute Gasteiger partial charge is 0.0558 e. The zero-order chi connectivity index (χ0) is 12.5. The molecule has 3 nitrogen and oxygen atoms in total. The lowest BCUT2D eigenvalue weighted by Gasteiger charge is -2.30. The monoisotopic (exact) mass is 234 g/mol. The van der Waals surface area contributed by atoms with Crippen LogP contribution >= 0.6 is 0 Å². The van der Waals surface area contributed by atoms with E-state index in [1.165, 1.54) is 5.56 Å². The SMILES string of the molecule is C=CCN(CCO)C(CNC)c1ccccc1. The van der Waals surface area contributed by atoms with Crippen LogP contribution in [0.4, 0.5) is 0 Å². The van der Waals surface area contributed by atoms with Crippen LogP contribution < -0.4 is 5.32 Å². The average molecular weight is 234 g/mol. The third-order valence-electron chi connectivity index (χ3n) is 2.77. The topological polar surface area (TPSA) is 35.5 Å². The number of nitrogens with zero attached hydrogens (tertiary/aromatic N) is 1. The summed E-state index contributed by atoms with van der Waals surface area (Å²) in [6.07, 6.45) is 1.88. The van der Waals surface area contributed by atoms with Crippen molar-refractivity contribution < 1.29 is 5.11 Å². The Balaban J connectivity index is 2.85. The summed E-state index contributed by atoms with van der Waals surface area (Å²) >= 11 is 0.